The normalized spacial score (nSPS) is 13.8. The molecule has 0 saturated carbocycles. The summed E-state index contributed by atoms with van der Waals surface area (Å²) < 4.78 is 27.2. The van der Waals surface area contributed by atoms with Crippen LogP contribution in [-0.2, 0) is 4.79 Å². The van der Waals surface area contributed by atoms with Gasteiger partial charge < -0.3 is 23.7 Å². The van der Waals surface area contributed by atoms with Crippen molar-refractivity contribution in [3.63, 3.8) is 0 Å². The van der Waals surface area contributed by atoms with Crippen LogP contribution in [0.4, 0.5) is 0 Å². The minimum absolute atomic E-state index is 0.148. The molecule has 0 aliphatic carbocycles. The highest BCUT2D eigenvalue weighted by molar-refractivity contribution is 6.15. The average molecular weight is 412 g/mol. The Labute approximate surface area is 175 Å². The van der Waals surface area contributed by atoms with Crippen LogP contribution in [0.3, 0.4) is 0 Å². The van der Waals surface area contributed by atoms with Crippen molar-refractivity contribution < 1.29 is 33.3 Å². The van der Waals surface area contributed by atoms with Gasteiger partial charge in [0.15, 0.2) is 17.3 Å². The van der Waals surface area contributed by atoms with E-state index in [0.29, 0.717) is 45.4 Å². The first-order valence-corrected chi connectivity index (χ1v) is 9.39. The number of ether oxygens (including phenoxy) is 5. The first-order valence-electron chi connectivity index (χ1n) is 9.39. The molecule has 7 nitrogen and oxygen atoms in total. The Balaban J connectivity index is 1.97. The molecule has 2 aromatic rings. The molecule has 0 amide bonds. The number of benzene rings is 2. The van der Waals surface area contributed by atoms with Crippen molar-refractivity contribution in [1.82, 2.24) is 0 Å². The van der Waals surface area contributed by atoms with Crippen molar-refractivity contribution in [3.8, 4) is 28.7 Å². The third-order valence-electron chi connectivity index (χ3n) is 4.62. The van der Waals surface area contributed by atoms with Gasteiger partial charge in [-0.05, 0) is 42.3 Å². The molecule has 1 aliphatic rings. The lowest BCUT2D eigenvalue weighted by Gasteiger charge is -2.13. The Kier molecular flexibility index (Phi) is 6.01. The van der Waals surface area contributed by atoms with Crippen molar-refractivity contribution in [2.75, 3.05) is 21.3 Å². The molecule has 0 spiro atoms. The summed E-state index contributed by atoms with van der Waals surface area (Å²) in [5.74, 6) is 1.35. The summed E-state index contributed by atoms with van der Waals surface area (Å²) >= 11 is 0. The number of aryl methyl sites for hydroxylation is 1. The van der Waals surface area contributed by atoms with E-state index in [-0.39, 0.29) is 23.4 Å². The molecular weight excluding hydrogens is 388 g/mol. The van der Waals surface area contributed by atoms with Gasteiger partial charge >= 0.3 is 5.97 Å². The molecule has 0 saturated heterocycles. The summed E-state index contributed by atoms with van der Waals surface area (Å²) in [6.07, 6.45) is 1.60. The largest absolute Gasteiger partial charge is 0.493 e. The molecule has 0 atom stereocenters. The second-order valence-electron chi connectivity index (χ2n) is 7.09. The Hall–Kier alpha value is -3.48. The summed E-state index contributed by atoms with van der Waals surface area (Å²) in [6.45, 7) is 5.27. The molecule has 1 heterocycles. The number of ketones is 1. The van der Waals surface area contributed by atoms with Gasteiger partial charge in [0.1, 0.15) is 11.5 Å². The zero-order valence-electron chi connectivity index (χ0n) is 17.8. The smallest absolute Gasteiger partial charge is 0.313 e. The Morgan fingerprint density at radius 2 is 1.63 bits per heavy atom. The fourth-order valence-corrected chi connectivity index (χ4v) is 3.11. The maximum Gasteiger partial charge on any atom is 0.313 e. The quantitative estimate of drug-likeness (QED) is 0.400. The molecule has 7 heteroatoms. The van der Waals surface area contributed by atoms with Crippen molar-refractivity contribution in [1.29, 1.82) is 0 Å². The highest BCUT2D eigenvalue weighted by Crippen LogP contribution is 2.41. The van der Waals surface area contributed by atoms with Gasteiger partial charge in [-0.3, -0.25) is 9.59 Å². The number of carbonyl (C=O) groups is 2. The second kappa shape index (κ2) is 8.49. The number of methoxy groups -OCH3 is 3. The topological polar surface area (TPSA) is 80.3 Å². The number of hydrogen-bond acceptors (Lipinski definition) is 7. The van der Waals surface area contributed by atoms with Gasteiger partial charge in [0.2, 0.25) is 11.5 Å². The van der Waals surface area contributed by atoms with Gasteiger partial charge in [0, 0.05) is 6.07 Å². The predicted octanol–water partition coefficient (Wildman–Crippen LogP) is 4.20. The number of carbonyl (C=O) groups excluding carboxylic acids is 2. The van der Waals surface area contributed by atoms with Crippen LogP contribution in [0.2, 0.25) is 0 Å². The van der Waals surface area contributed by atoms with Crippen LogP contribution in [-0.4, -0.2) is 33.1 Å². The van der Waals surface area contributed by atoms with Crippen molar-refractivity contribution in [2.45, 2.75) is 20.8 Å². The monoisotopic (exact) mass is 412 g/mol. The summed E-state index contributed by atoms with van der Waals surface area (Å²) in [4.78, 5) is 24.8. The van der Waals surface area contributed by atoms with Crippen LogP contribution in [0.5, 0.6) is 28.7 Å². The first-order chi connectivity index (χ1) is 14.3. The van der Waals surface area contributed by atoms with E-state index in [9.17, 15) is 9.59 Å². The molecule has 3 rings (SSSR count). The van der Waals surface area contributed by atoms with Gasteiger partial charge in [-0.2, -0.15) is 0 Å². The molecule has 30 heavy (non-hydrogen) atoms. The summed E-state index contributed by atoms with van der Waals surface area (Å²) in [5.41, 5.74) is 1.75. The van der Waals surface area contributed by atoms with E-state index in [1.807, 2.05) is 0 Å². The number of allylic oxidation sites excluding steroid dienone is 1. The Morgan fingerprint density at radius 1 is 1.00 bits per heavy atom. The van der Waals surface area contributed by atoms with E-state index in [1.54, 1.807) is 51.1 Å². The predicted molar refractivity (Wildman–Crippen MR) is 111 cm³/mol. The van der Waals surface area contributed by atoms with Gasteiger partial charge in [0.25, 0.3) is 0 Å². The lowest BCUT2D eigenvalue weighted by atomic mass is 10.0. The SMILES string of the molecule is COc1cc(C=C2Oc3cc(OC(=O)C(C)C)cc(C)c3C2=O)cc(OC)c1OC. The highest BCUT2D eigenvalue weighted by Gasteiger charge is 2.30. The summed E-state index contributed by atoms with van der Waals surface area (Å²) in [6, 6.07) is 6.65. The molecule has 0 aromatic heterocycles. The zero-order valence-corrected chi connectivity index (χ0v) is 17.8. The van der Waals surface area contributed by atoms with Crippen molar-refractivity contribution in [3.05, 3.63) is 46.7 Å². The summed E-state index contributed by atoms with van der Waals surface area (Å²) in [7, 11) is 4.56. The van der Waals surface area contributed by atoms with Crippen LogP contribution < -0.4 is 23.7 Å². The fourth-order valence-electron chi connectivity index (χ4n) is 3.11. The fraction of sp³-hybridized carbons (Fsp3) is 0.304. The second-order valence-corrected chi connectivity index (χ2v) is 7.09. The highest BCUT2D eigenvalue weighted by atomic mass is 16.5. The first kappa shape index (κ1) is 21.2. The Morgan fingerprint density at radius 3 is 2.17 bits per heavy atom. The molecule has 1 aliphatic heterocycles. The zero-order chi connectivity index (χ0) is 22.0. The van der Waals surface area contributed by atoms with Crippen molar-refractivity contribution in [2.24, 2.45) is 5.92 Å². The Bertz CT molecular complexity index is 1010. The van der Waals surface area contributed by atoms with Gasteiger partial charge in [-0.15, -0.1) is 0 Å². The molecular formula is C23H24O7. The van der Waals surface area contributed by atoms with Crippen LogP contribution in [0.1, 0.15) is 35.3 Å². The summed E-state index contributed by atoms with van der Waals surface area (Å²) in [5, 5.41) is 0. The standard InChI is InChI=1S/C23H24O7/c1-12(2)23(25)29-15-7-13(3)20-16(11-15)30-17(21(20)24)8-14-9-18(26-4)22(28-6)19(10-14)27-5/h7-12H,1-6H3. The molecule has 158 valence electrons. The van der Waals surface area contributed by atoms with Gasteiger partial charge in [0.05, 0.1) is 32.8 Å². The van der Waals surface area contributed by atoms with Crippen LogP contribution >= 0.6 is 0 Å². The van der Waals surface area contributed by atoms with E-state index in [1.165, 1.54) is 21.3 Å². The third kappa shape index (κ3) is 3.96. The van der Waals surface area contributed by atoms with E-state index >= 15 is 0 Å². The third-order valence-corrected chi connectivity index (χ3v) is 4.62. The molecule has 0 bridgehead atoms. The van der Waals surface area contributed by atoms with Crippen LogP contribution in [0.25, 0.3) is 6.08 Å². The minimum atomic E-state index is -0.355. The van der Waals surface area contributed by atoms with Crippen LogP contribution in [0, 0.1) is 12.8 Å². The number of hydrogen-bond donors (Lipinski definition) is 0. The van der Waals surface area contributed by atoms with Gasteiger partial charge in [-0.25, -0.2) is 0 Å². The van der Waals surface area contributed by atoms with E-state index in [0.717, 1.165) is 0 Å². The van der Waals surface area contributed by atoms with E-state index in [4.69, 9.17) is 23.7 Å². The molecule has 0 radical (unpaired) electrons. The van der Waals surface area contributed by atoms with E-state index < -0.39 is 0 Å². The van der Waals surface area contributed by atoms with E-state index in [2.05, 4.69) is 0 Å². The molecule has 0 N–H and O–H groups in total. The van der Waals surface area contributed by atoms with Crippen LogP contribution in [0.15, 0.2) is 30.0 Å². The average Bonchev–Trinajstić information content (AvgIpc) is 3.02. The lowest BCUT2D eigenvalue weighted by molar-refractivity contribution is -0.137. The maximum absolute atomic E-state index is 12.9. The lowest BCUT2D eigenvalue weighted by Crippen LogP contribution is -2.14. The number of esters is 1. The minimum Gasteiger partial charge on any atom is -0.493 e. The molecule has 0 fully saturated rings. The van der Waals surface area contributed by atoms with Gasteiger partial charge in [-0.1, -0.05) is 13.8 Å². The molecule has 0 unspecified atom stereocenters. The molecule has 2 aromatic carbocycles. The number of rotatable bonds is 6. The van der Waals surface area contributed by atoms with Crippen molar-refractivity contribution >= 4 is 17.8 Å². The number of Topliss-reactive ketones (excluding diaryl/α,β-unsaturated/α-hetero) is 1. The number of fused-ring (bicyclic) bond motifs is 1. The maximum atomic E-state index is 12.9.